The van der Waals surface area contributed by atoms with Crippen molar-refractivity contribution < 1.29 is 14.6 Å². The molecule has 0 aliphatic carbocycles. The molecule has 1 fully saturated rings. The normalized spacial score (nSPS) is 19.9. The number of carbonyl (C=O) groups excluding carboxylic acids is 1. The van der Waals surface area contributed by atoms with Gasteiger partial charge in [-0.3, -0.25) is 0 Å². The Morgan fingerprint density at radius 1 is 1.45 bits per heavy atom. The first-order valence-corrected chi connectivity index (χ1v) is 7.06. The van der Waals surface area contributed by atoms with Crippen LogP contribution in [0.15, 0.2) is 12.2 Å². The number of carbonyl (C=O) groups is 1. The van der Waals surface area contributed by atoms with Crippen molar-refractivity contribution in [3.63, 3.8) is 0 Å². The predicted molar refractivity (Wildman–Crippen MR) is 79.0 cm³/mol. The minimum absolute atomic E-state index is 0.129. The quantitative estimate of drug-likeness (QED) is 0.629. The molecule has 4 heteroatoms. The third-order valence-corrected chi connectivity index (χ3v) is 3.55. The van der Waals surface area contributed by atoms with Crippen LogP contribution in [0.2, 0.25) is 0 Å². The number of piperidine rings is 1. The van der Waals surface area contributed by atoms with Crippen LogP contribution >= 0.6 is 0 Å². The van der Waals surface area contributed by atoms with Crippen LogP contribution in [0.25, 0.3) is 0 Å². The van der Waals surface area contributed by atoms with Gasteiger partial charge in [-0.15, -0.1) is 0 Å². The highest BCUT2D eigenvalue weighted by Gasteiger charge is 2.41. The fraction of sp³-hybridized carbons (Fsp3) is 0.688. The minimum Gasteiger partial charge on any atom is -0.459 e. The van der Waals surface area contributed by atoms with Crippen LogP contribution in [0.3, 0.4) is 0 Å². The molecular formula is C16H25NO3. The molecule has 1 heterocycles. The Hall–Kier alpha value is -1.31. The summed E-state index contributed by atoms with van der Waals surface area (Å²) in [5.41, 5.74) is -1.15. The van der Waals surface area contributed by atoms with E-state index in [0.29, 0.717) is 5.57 Å². The number of likely N-dealkylation sites (tertiary alicyclic amines) is 1. The zero-order valence-electron chi connectivity index (χ0n) is 12.9. The molecule has 0 aromatic heterocycles. The van der Waals surface area contributed by atoms with E-state index in [1.165, 1.54) is 0 Å². The van der Waals surface area contributed by atoms with E-state index in [-0.39, 0.29) is 12.0 Å². The molecule has 1 saturated heterocycles. The van der Waals surface area contributed by atoms with Crippen molar-refractivity contribution in [2.45, 2.75) is 45.3 Å². The van der Waals surface area contributed by atoms with E-state index < -0.39 is 11.6 Å². The third-order valence-electron chi connectivity index (χ3n) is 3.55. The lowest BCUT2D eigenvalue weighted by molar-refractivity contribution is -0.170. The Morgan fingerprint density at radius 2 is 2.00 bits per heavy atom. The van der Waals surface area contributed by atoms with Crippen molar-refractivity contribution in [2.75, 3.05) is 20.1 Å². The lowest BCUT2D eigenvalue weighted by Gasteiger charge is -2.31. The van der Waals surface area contributed by atoms with Gasteiger partial charge in [-0.1, -0.05) is 32.3 Å². The maximum atomic E-state index is 12.3. The first kappa shape index (κ1) is 16.7. The van der Waals surface area contributed by atoms with Gasteiger partial charge in [-0.25, -0.2) is 4.79 Å². The highest BCUT2D eigenvalue weighted by atomic mass is 16.6. The molecule has 0 bridgehead atoms. The summed E-state index contributed by atoms with van der Waals surface area (Å²) < 4.78 is 5.45. The van der Waals surface area contributed by atoms with Crippen LogP contribution in [0.5, 0.6) is 0 Å². The summed E-state index contributed by atoms with van der Waals surface area (Å²) in [5.74, 6) is 4.32. The molecule has 1 aliphatic heterocycles. The zero-order chi connectivity index (χ0) is 15.3. The van der Waals surface area contributed by atoms with Gasteiger partial charge in [-0.05, 0) is 32.4 Å². The molecule has 0 unspecified atom stereocenters. The molecule has 1 rings (SSSR count). The van der Waals surface area contributed by atoms with Gasteiger partial charge in [0, 0.05) is 19.0 Å². The second-order valence-corrected chi connectivity index (χ2v) is 5.86. The molecule has 0 saturated carbocycles. The predicted octanol–water partition coefficient (Wildman–Crippen LogP) is 1.59. The van der Waals surface area contributed by atoms with Gasteiger partial charge in [0.2, 0.25) is 5.60 Å². The van der Waals surface area contributed by atoms with E-state index in [1.807, 2.05) is 7.05 Å². The van der Waals surface area contributed by atoms with E-state index in [2.05, 4.69) is 23.3 Å². The fourth-order valence-corrected chi connectivity index (χ4v) is 1.98. The number of ether oxygens (including phenoxy) is 1. The SMILES string of the molecule is C=C(C)C#C[C@@](O)(C(=O)OC1CCN(C)CC1)C(C)C. The van der Waals surface area contributed by atoms with E-state index >= 15 is 0 Å². The van der Waals surface area contributed by atoms with Crippen LogP contribution in [-0.2, 0) is 9.53 Å². The number of hydrogen-bond donors (Lipinski definition) is 1. The third kappa shape index (κ3) is 4.36. The van der Waals surface area contributed by atoms with Crippen molar-refractivity contribution >= 4 is 5.97 Å². The molecule has 0 aromatic carbocycles. The summed E-state index contributed by atoms with van der Waals surface area (Å²) in [7, 11) is 2.04. The number of esters is 1. The summed E-state index contributed by atoms with van der Waals surface area (Å²) in [6.45, 7) is 10.7. The summed E-state index contributed by atoms with van der Waals surface area (Å²) in [4.78, 5) is 14.4. The molecule has 112 valence electrons. The average molecular weight is 279 g/mol. The topological polar surface area (TPSA) is 49.8 Å². The van der Waals surface area contributed by atoms with Crippen molar-refractivity contribution in [2.24, 2.45) is 5.92 Å². The van der Waals surface area contributed by atoms with Gasteiger partial charge in [0.05, 0.1) is 0 Å². The molecule has 1 aliphatic rings. The van der Waals surface area contributed by atoms with Crippen LogP contribution < -0.4 is 0 Å². The number of rotatable bonds is 3. The van der Waals surface area contributed by atoms with Gasteiger partial charge >= 0.3 is 5.97 Å². The van der Waals surface area contributed by atoms with Crippen LogP contribution in [-0.4, -0.2) is 47.8 Å². The largest absolute Gasteiger partial charge is 0.459 e. The van der Waals surface area contributed by atoms with E-state index in [1.54, 1.807) is 20.8 Å². The second kappa shape index (κ2) is 6.92. The summed E-state index contributed by atoms with van der Waals surface area (Å²) in [6, 6.07) is 0. The Labute approximate surface area is 121 Å². The van der Waals surface area contributed by atoms with Crippen LogP contribution in [0, 0.1) is 17.8 Å². The Kier molecular flexibility index (Phi) is 5.79. The summed E-state index contributed by atoms with van der Waals surface area (Å²) >= 11 is 0. The zero-order valence-corrected chi connectivity index (χ0v) is 12.9. The van der Waals surface area contributed by atoms with Crippen molar-refractivity contribution in [1.82, 2.24) is 4.90 Å². The molecule has 1 N–H and O–H groups in total. The highest BCUT2D eigenvalue weighted by molar-refractivity contribution is 5.84. The van der Waals surface area contributed by atoms with Crippen LogP contribution in [0.4, 0.5) is 0 Å². The van der Waals surface area contributed by atoms with Crippen molar-refractivity contribution in [1.29, 1.82) is 0 Å². The standard InChI is InChI=1S/C16H25NO3/c1-12(2)6-9-16(19,13(3)4)15(18)20-14-7-10-17(5)11-8-14/h13-14,19H,1,7-8,10-11H2,2-5H3/t16-/m0/s1. The molecule has 20 heavy (non-hydrogen) atoms. The Balaban J connectivity index is 2.75. The molecule has 0 aromatic rings. The lowest BCUT2D eigenvalue weighted by Crippen LogP contribution is -2.46. The van der Waals surface area contributed by atoms with Crippen molar-refractivity contribution in [3.05, 3.63) is 12.2 Å². The van der Waals surface area contributed by atoms with Gasteiger partial charge in [0.25, 0.3) is 0 Å². The molecule has 0 amide bonds. The Morgan fingerprint density at radius 3 is 2.45 bits per heavy atom. The van der Waals surface area contributed by atoms with Crippen LogP contribution in [0.1, 0.15) is 33.6 Å². The number of aliphatic hydroxyl groups is 1. The van der Waals surface area contributed by atoms with E-state index in [4.69, 9.17) is 4.74 Å². The average Bonchev–Trinajstić information content (AvgIpc) is 2.38. The van der Waals surface area contributed by atoms with Gasteiger partial charge in [0.15, 0.2) is 0 Å². The summed E-state index contributed by atoms with van der Waals surface area (Å²) in [5, 5.41) is 10.5. The van der Waals surface area contributed by atoms with Gasteiger partial charge < -0.3 is 14.7 Å². The second-order valence-electron chi connectivity index (χ2n) is 5.86. The van der Waals surface area contributed by atoms with Gasteiger partial charge in [0.1, 0.15) is 6.10 Å². The van der Waals surface area contributed by atoms with E-state index in [0.717, 1.165) is 25.9 Å². The minimum atomic E-state index is -1.76. The highest BCUT2D eigenvalue weighted by Crippen LogP contribution is 2.21. The van der Waals surface area contributed by atoms with E-state index in [9.17, 15) is 9.90 Å². The molecule has 0 radical (unpaired) electrons. The maximum absolute atomic E-state index is 12.3. The summed E-state index contributed by atoms with van der Waals surface area (Å²) in [6.07, 6.45) is 1.46. The smallest absolute Gasteiger partial charge is 0.351 e. The molecular weight excluding hydrogens is 254 g/mol. The number of hydrogen-bond acceptors (Lipinski definition) is 4. The monoisotopic (exact) mass is 279 g/mol. The molecule has 0 spiro atoms. The van der Waals surface area contributed by atoms with Gasteiger partial charge in [-0.2, -0.15) is 0 Å². The number of nitrogens with zero attached hydrogens (tertiary/aromatic N) is 1. The Bertz CT molecular complexity index is 425. The molecule has 1 atom stereocenters. The lowest BCUT2D eigenvalue weighted by atomic mass is 9.90. The van der Waals surface area contributed by atoms with Crippen molar-refractivity contribution in [3.8, 4) is 11.8 Å². The molecule has 4 nitrogen and oxygen atoms in total. The fourth-order valence-electron chi connectivity index (χ4n) is 1.98. The number of allylic oxidation sites excluding steroid dienone is 1. The first-order chi connectivity index (χ1) is 9.25. The maximum Gasteiger partial charge on any atom is 0.351 e. The first-order valence-electron chi connectivity index (χ1n) is 7.06.